The fourth-order valence-electron chi connectivity index (χ4n) is 3.43. The molecule has 1 aromatic rings. The minimum Gasteiger partial charge on any atom is -0.311 e. The van der Waals surface area contributed by atoms with Gasteiger partial charge < -0.3 is 5.32 Å². The highest BCUT2D eigenvalue weighted by Gasteiger charge is 2.41. The van der Waals surface area contributed by atoms with Crippen LogP contribution < -0.4 is 5.32 Å². The van der Waals surface area contributed by atoms with Gasteiger partial charge in [0.2, 0.25) is 0 Å². The summed E-state index contributed by atoms with van der Waals surface area (Å²) < 4.78 is 0. The van der Waals surface area contributed by atoms with Crippen LogP contribution in [0.15, 0.2) is 18.2 Å². The Labute approximate surface area is 129 Å². The Bertz CT molecular complexity index is 487. The highest BCUT2D eigenvalue weighted by molar-refractivity contribution is 5.11. The van der Waals surface area contributed by atoms with E-state index < -0.39 is 0 Å². The maximum absolute atomic E-state index is 4.71. The van der Waals surface area contributed by atoms with Crippen molar-refractivity contribution in [2.75, 3.05) is 13.1 Å². The van der Waals surface area contributed by atoms with Gasteiger partial charge in [0.05, 0.1) is 5.69 Å². The van der Waals surface area contributed by atoms with E-state index in [4.69, 9.17) is 4.98 Å². The monoisotopic (exact) mass is 287 g/mol. The van der Waals surface area contributed by atoms with Crippen LogP contribution in [0.1, 0.15) is 45.0 Å². The molecular formula is C18H29N3. The van der Waals surface area contributed by atoms with Crippen molar-refractivity contribution in [2.24, 2.45) is 11.3 Å². The molecule has 1 saturated heterocycles. The van der Waals surface area contributed by atoms with Crippen molar-refractivity contribution in [3.8, 4) is 0 Å². The van der Waals surface area contributed by atoms with Gasteiger partial charge in [0.1, 0.15) is 0 Å². The second kappa shape index (κ2) is 5.69. The summed E-state index contributed by atoms with van der Waals surface area (Å²) in [6, 6.07) is 7.65. The number of nitrogens with one attached hydrogen (secondary N) is 1. The first kappa shape index (κ1) is 15.0. The summed E-state index contributed by atoms with van der Waals surface area (Å²) >= 11 is 0. The summed E-state index contributed by atoms with van der Waals surface area (Å²) in [7, 11) is 0. The lowest BCUT2D eigenvalue weighted by atomic mass is 9.84. The largest absolute Gasteiger partial charge is 0.311 e. The summed E-state index contributed by atoms with van der Waals surface area (Å²) in [5, 5.41) is 3.80. The zero-order valence-corrected chi connectivity index (χ0v) is 13.9. The van der Waals surface area contributed by atoms with Crippen LogP contribution in [0.25, 0.3) is 0 Å². The Morgan fingerprint density at radius 3 is 2.67 bits per heavy atom. The van der Waals surface area contributed by atoms with Gasteiger partial charge in [-0.2, -0.15) is 0 Å². The van der Waals surface area contributed by atoms with Gasteiger partial charge in [-0.15, -0.1) is 0 Å². The molecule has 0 spiro atoms. The molecule has 3 rings (SSSR count). The number of rotatable bonds is 3. The van der Waals surface area contributed by atoms with Gasteiger partial charge in [0, 0.05) is 37.4 Å². The Morgan fingerprint density at radius 2 is 2.05 bits per heavy atom. The molecule has 1 aliphatic carbocycles. The number of pyridine rings is 1. The summed E-state index contributed by atoms with van der Waals surface area (Å²) in [5.41, 5.74) is 2.65. The van der Waals surface area contributed by atoms with Crippen LogP contribution in [0.4, 0.5) is 0 Å². The van der Waals surface area contributed by atoms with Crippen molar-refractivity contribution < 1.29 is 0 Å². The van der Waals surface area contributed by atoms with Gasteiger partial charge in [0.15, 0.2) is 0 Å². The lowest BCUT2D eigenvalue weighted by Gasteiger charge is -2.45. The molecule has 1 aliphatic heterocycles. The van der Waals surface area contributed by atoms with Gasteiger partial charge in [-0.1, -0.05) is 26.8 Å². The Hall–Kier alpha value is -0.930. The van der Waals surface area contributed by atoms with Crippen molar-refractivity contribution in [2.45, 2.75) is 59.2 Å². The van der Waals surface area contributed by atoms with E-state index >= 15 is 0 Å². The molecule has 0 radical (unpaired) electrons. The van der Waals surface area contributed by atoms with Crippen molar-refractivity contribution in [3.05, 3.63) is 29.6 Å². The Morgan fingerprint density at radius 1 is 1.29 bits per heavy atom. The third-order valence-corrected chi connectivity index (χ3v) is 4.98. The number of hydrogen-bond donors (Lipinski definition) is 1. The molecule has 0 amide bonds. The van der Waals surface area contributed by atoms with E-state index in [9.17, 15) is 0 Å². The fraction of sp³-hybridized carbons (Fsp3) is 0.722. The Kier molecular flexibility index (Phi) is 4.06. The molecule has 0 aromatic carbocycles. The normalized spacial score (nSPS) is 27.8. The lowest BCUT2D eigenvalue weighted by Crippen LogP contribution is -2.60. The summed E-state index contributed by atoms with van der Waals surface area (Å²) in [6.07, 6.45) is 2.81. The topological polar surface area (TPSA) is 28.2 Å². The average molecular weight is 287 g/mol. The third-order valence-electron chi connectivity index (χ3n) is 4.98. The molecule has 0 bridgehead atoms. The van der Waals surface area contributed by atoms with Crippen LogP contribution in [0.2, 0.25) is 0 Å². The van der Waals surface area contributed by atoms with Crippen LogP contribution in [0.3, 0.4) is 0 Å². The first-order chi connectivity index (χ1) is 9.93. The van der Waals surface area contributed by atoms with Gasteiger partial charge in [-0.25, -0.2) is 0 Å². The molecule has 2 fully saturated rings. The zero-order chi connectivity index (χ0) is 15.0. The number of aromatic nitrogens is 1. The van der Waals surface area contributed by atoms with E-state index in [0.29, 0.717) is 17.5 Å². The van der Waals surface area contributed by atoms with Crippen LogP contribution >= 0.6 is 0 Å². The molecular weight excluding hydrogens is 258 g/mol. The predicted molar refractivity (Wildman–Crippen MR) is 87.1 cm³/mol. The van der Waals surface area contributed by atoms with Crippen molar-refractivity contribution in [1.82, 2.24) is 15.2 Å². The van der Waals surface area contributed by atoms with Gasteiger partial charge in [-0.3, -0.25) is 9.88 Å². The van der Waals surface area contributed by atoms with Crippen LogP contribution in [-0.2, 0) is 6.54 Å². The maximum atomic E-state index is 4.71. The van der Waals surface area contributed by atoms with E-state index in [2.05, 4.69) is 56.1 Å². The minimum absolute atomic E-state index is 0.312. The molecule has 3 heteroatoms. The quantitative estimate of drug-likeness (QED) is 0.926. The lowest BCUT2D eigenvalue weighted by molar-refractivity contribution is 0.0678. The van der Waals surface area contributed by atoms with Crippen molar-refractivity contribution >= 4 is 0 Å². The van der Waals surface area contributed by atoms with Gasteiger partial charge in [0.25, 0.3) is 0 Å². The highest BCUT2D eigenvalue weighted by atomic mass is 15.2. The zero-order valence-electron chi connectivity index (χ0n) is 13.9. The molecule has 2 heterocycles. The van der Waals surface area contributed by atoms with Crippen LogP contribution in [-0.4, -0.2) is 35.1 Å². The van der Waals surface area contributed by atoms with E-state index in [-0.39, 0.29) is 0 Å². The molecule has 21 heavy (non-hydrogen) atoms. The van der Waals surface area contributed by atoms with Crippen LogP contribution in [0, 0.1) is 18.3 Å². The number of hydrogen-bond acceptors (Lipinski definition) is 3. The summed E-state index contributed by atoms with van der Waals surface area (Å²) in [6.45, 7) is 12.4. The Balaban J connectivity index is 1.74. The van der Waals surface area contributed by atoms with E-state index in [1.54, 1.807) is 0 Å². The first-order valence-electron chi connectivity index (χ1n) is 8.33. The second-order valence-electron chi connectivity index (χ2n) is 7.93. The van der Waals surface area contributed by atoms with E-state index in [1.165, 1.54) is 18.5 Å². The third kappa shape index (κ3) is 3.64. The minimum atomic E-state index is 0.312. The number of piperazine rings is 1. The van der Waals surface area contributed by atoms with E-state index in [0.717, 1.165) is 31.2 Å². The molecule has 1 saturated carbocycles. The molecule has 2 aliphatic rings. The van der Waals surface area contributed by atoms with Crippen molar-refractivity contribution in [1.29, 1.82) is 0 Å². The summed E-state index contributed by atoms with van der Waals surface area (Å²) in [5.74, 6) is 0.906. The molecule has 2 atom stereocenters. The second-order valence-corrected chi connectivity index (χ2v) is 7.93. The average Bonchev–Trinajstić information content (AvgIpc) is 3.22. The standard InChI is InChI=1S/C18H29N3/c1-13-6-5-7-15(20-13)11-21-12-17(18(2,3)4)19-10-16(21)14-8-9-14/h5-7,14,16-17,19H,8-12H2,1-4H3. The molecule has 1 aromatic heterocycles. The molecule has 1 N–H and O–H groups in total. The number of nitrogens with zero attached hydrogens (tertiary/aromatic N) is 2. The smallest absolute Gasteiger partial charge is 0.0547 e. The van der Waals surface area contributed by atoms with Crippen LogP contribution in [0.5, 0.6) is 0 Å². The van der Waals surface area contributed by atoms with Crippen molar-refractivity contribution in [3.63, 3.8) is 0 Å². The fourth-order valence-corrected chi connectivity index (χ4v) is 3.43. The number of aryl methyl sites for hydroxylation is 1. The van der Waals surface area contributed by atoms with Gasteiger partial charge >= 0.3 is 0 Å². The maximum Gasteiger partial charge on any atom is 0.0547 e. The predicted octanol–water partition coefficient (Wildman–Crippen LogP) is 2.99. The van der Waals surface area contributed by atoms with E-state index in [1.807, 2.05) is 0 Å². The highest BCUT2D eigenvalue weighted by Crippen LogP contribution is 2.38. The summed E-state index contributed by atoms with van der Waals surface area (Å²) in [4.78, 5) is 7.39. The molecule has 2 unspecified atom stereocenters. The SMILES string of the molecule is Cc1cccc(CN2CC(C(C)(C)C)NCC2C2CC2)n1. The van der Waals surface area contributed by atoms with Gasteiger partial charge in [-0.05, 0) is 43.2 Å². The molecule has 3 nitrogen and oxygen atoms in total. The first-order valence-corrected chi connectivity index (χ1v) is 8.33. The molecule has 116 valence electrons.